The average Bonchev–Trinajstić information content (AvgIpc) is 2.38. The topological polar surface area (TPSA) is 53.4 Å². The Kier molecular flexibility index (Phi) is 3.80. The number of hydrogen-bond acceptors (Lipinski definition) is 3. The lowest BCUT2D eigenvalue weighted by Gasteiger charge is -2.17. The number of phenols is 1. The number of phenolic OH excluding ortho intramolecular Hbond substituents is 1. The molecule has 4 nitrogen and oxygen atoms in total. The molecule has 0 aliphatic heterocycles. The molecule has 0 unspecified atom stereocenters. The molecule has 1 heterocycles. The number of amides is 1. The van der Waals surface area contributed by atoms with E-state index in [1.54, 1.807) is 30.1 Å². The summed E-state index contributed by atoms with van der Waals surface area (Å²) in [6, 6.07) is 12.1. The van der Waals surface area contributed by atoms with E-state index in [0.717, 1.165) is 11.4 Å². The molecule has 2 aromatic rings. The molecule has 0 aliphatic carbocycles. The molecule has 98 valence electrons. The van der Waals surface area contributed by atoms with Crippen molar-refractivity contribution in [3.8, 4) is 5.75 Å². The van der Waals surface area contributed by atoms with Crippen molar-refractivity contribution < 1.29 is 9.90 Å². The summed E-state index contributed by atoms with van der Waals surface area (Å²) in [6.07, 6.45) is 0. The first-order valence-corrected chi connectivity index (χ1v) is 6.03. The maximum atomic E-state index is 12.2. The van der Waals surface area contributed by atoms with Crippen LogP contribution in [0.1, 0.15) is 21.7 Å². The minimum atomic E-state index is -0.140. The van der Waals surface area contributed by atoms with E-state index >= 15 is 0 Å². The summed E-state index contributed by atoms with van der Waals surface area (Å²) in [6.45, 7) is 2.36. The molecule has 1 N–H and O–H groups in total. The normalized spacial score (nSPS) is 10.2. The van der Waals surface area contributed by atoms with Gasteiger partial charge in [-0.05, 0) is 37.3 Å². The Bertz CT molecular complexity index is 596. The van der Waals surface area contributed by atoms with Gasteiger partial charge >= 0.3 is 0 Å². The minimum absolute atomic E-state index is 0.0907. The predicted molar refractivity (Wildman–Crippen MR) is 72.9 cm³/mol. The lowest BCUT2D eigenvalue weighted by atomic mass is 10.2. The van der Waals surface area contributed by atoms with Crippen LogP contribution in [-0.2, 0) is 6.54 Å². The molecule has 0 radical (unpaired) electrons. The van der Waals surface area contributed by atoms with Crippen LogP contribution in [0.2, 0.25) is 0 Å². The van der Waals surface area contributed by atoms with Crippen molar-refractivity contribution in [3.63, 3.8) is 0 Å². The minimum Gasteiger partial charge on any atom is -0.508 e. The highest BCUT2D eigenvalue weighted by molar-refractivity contribution is 5.94. The standard InChI is InChI=1S/C15H16N2O2/c1-11-5-3-7-13(16-11)10-17(2)15(19)12-6-4-8-14(18)9-12/h3-9,18H,10H2,1-2H3. The van der Waals surface area contributed by atoms with E-state index < -0.39 is 0 Å². The van der Waals surface area contributed by atoms with Gasteiger partial charge in [-0.1, -0.05) is 12.1 Å². The van der Waals surface area contributed by atoms with Gasteiger partial charge in [-0.3, -0.25) is 9.78 Å². The Morgan fingerprint density at radius 2 is 2.00 bits per heavy atom. The molecular formula is C15H16N2O2. The van der Waals surface area contributed by atoms with E-state index in [2.05, 4.69) is 4.98 Å². The third-order valence-corrected chi connectivity index (χ3v) is 2.78. The summed E-state index contributed by atoms with van der Waals surface area (Å²) in [4.78, 5) is 18.1. The van der Waals surface area contributed by atoms with Crippen LogP contribution in [0.3, 0.4) is 0 Å². The maximum absolute atomic E-state index is 12.2. The maximum Gasteiger partial charge on any atom is 0.254 e. The van der Waals surface area contributed by atoms with Crippen molar-refractivity contribution in [2.24, 2.45) is 0 Å². The number of aryl methyl sites for hydroxylation is 1. The quantitative estimate of drug-likeness (QED) is 0.917. The second kappa shape index (κ2) is 5.52. The number of rotatable bonds is 3. The molecule has 2 rings (SSSR count). The van der Waals surface area contributed by atoms with Gasteiger partial charge < -0.3 is 10.0 Å². The molecule has 0 saturated heterocycles. The molecule has 0 atom stereocenters. The van der Waals surface area contributed by atoms with Crippen molar-refractivity contribution in [2.45, 2.75) is 13.5 Å². The second-order valence-electron chi connectivity index (χ2n) is 4.48. The number of aromatic hydroxyl groups is 1. The Labute approximate surface area is 112 Å². The number of benzene rings is 1. The van der Waals surface area contributed by atoms with Gasteiger partial charge in [-0.15, -0.1) is 0 Å². The molecular weight excluding hydrogens is 240 g/mol. The molecule has 0 fully saturated rings. The molecule has 1 aromatic heterocycles. The van der Waals surface area contributed by atoms with Crippen LogP contribution >= 0.6 is 0 Å². The van der Waals surface area contributed by atoms with Gasteiger partial charge in [0.05, 0.1) is 12.2 Å². The largest absolute Gasteiger partial charge is 0.508 e. The number of hydrogen-bond donors (Lipinski definition) is 1. The number of nitrogens with zero attached hydrogens (tertiary/aromatic N) is 2. The van der Waals surface area contributed by atoms with E-state index in [1.165, 1.54) is 6.07 Å². The molecule has 0 spiro atoms. The summed E-state index contributed by atoms with van der Waals surface area (Å²) < 4.78 is 0. The summed E-state index contributed by atoms with van der Waals surface area (Å²) in [5.41, 5.74) is 2.24. The highest BCUT2D eigenvalue weighted by atomic mass is 16.3. The highest BCUT2D eigenvalue weighted by Crippen LogP contribution is 2.13. The summed E-state index contributed by atoms with van der Waals surface area (Å²) in [5, 5.41) is 9.39. The molecule has 0 bridgehead atoms. The van der Waals surface area contributed by atoms with Crippen LogP contribution in [0.5, 0.6) is 5.75 Å². The first-order chi connectivity index (χ1) is 9.06. The van der Waals surface area contributed by atoms with Gasteiger partial charge in [0.15, 0.2) is 0 Å². The van der Waals surface area contributed by atoms with Gasteiger partial charge in [0.2, 0.25) is 0 Å². The van der Waals surface area contributed by atoms with Crippen LogP contribution in [-0.4, -0.2) is 27.9 Å². The Hall–Kier alpha value is -2.36. The Morgan fingerprint density at radius 1 is 1.26 bits per heavy atom. The van der Waals surface area contributed by atoms with E-state index in [1.807, 2.05) is 25.1 Å². The van der Waals surface area contributed by atoms with Gasteiger partial charge in [0.1, 0.15) is 5.75 Å². The van der Waals surface area contributed by atoms with Crippen molar-refractivity contribution in [1.82, 2.24) is 9.88 Å². The zero-order chi connectivity index (χ0) is 13.8. The molecule has 0 aliphatic rings. The van der Waals surface area contributed by atoms with Crippen LogP contribution < -0.4 is 0 Å². The van der Waals surface area contributed by atoms with Gasteiger partial charge in [-0.25, -0.2) is 0 Å². The van der Waals surface area contributed by atoms with Crippen molar-refractivity contribution in [2.75, 3.05) is 7.05 Å². The monoisotopic (exact) mass is 256 g/mol. The number of carbonyl (C=O) groups is 1. The second-order valence-corrected chi connectivity index (χ2v) is 4.48. The van der Waals surface area contributed by atoms with Crippen LogP contribution in [0.25, 0.3) is 0 Å². The first-order valence-electron chi connectivity index (χ1n) is 6.03. The Morgan fingerprint density at radius 3 is 2.68 bits per heavy atom. The van der Waals surface area contributed by atoms with Crippen molar-refractivity contribution in [3.05, 3.63) is 59.4 Å². The van der Waals surface area contributed by atoms with E-state index in [-0.39, 0.29) is 11.7 Å². The lowest BCUT2D eigenvalue weighted by Crippen LogP contribution is -2.26. The molecule has 4 heteroatoms. The van der Waals surface area contributed by atoms with Crippen molar-refractivity contribution in [1.29, 1.82) is 0 Å². The van der Waals surface area contributed by atoms with Gasteiger partial charge in [0.25, 0.3) is 5.91 Å². The van der Waals surface area contributed by atoms with Gasteiger partial charge in [0, 0.05) is 18.3 Å². The fraction of sp³-hybridized carbons (Fsp3) is 0.200. The third kappa shape index (κ3) is 3.31. The fourth-order valence-corrected chi connectivity index (χ4v) is 1.86. The van der Waals surface area contributed by atoms with Gasteiger partial charge in [-0.2, -0.15) is 0 Å². The average molecular weight is 256 g/mol. The summed E-state index contributed by atoms with van der Waals surface area (Å²) in [5.74, 6) is -0.0489. The van der Waals surface area contributed by atoms with E-state index in [9.17, 15) is 9.90 Å². The number of carbonyl (C=O) groups excluding carboxylic acids is 1. The predicted octanol–water partition coefficient (Wildman–Crippen LogP) is 2.37. The van der Waals surface area contributed by atoms with Crippen molar-refractivity contribution >= 4 is 5.91 Å². The lowest BCUT2D eigenvalue weighted by molar-refractivity contribution is 0.0783. The molecule has 1 aromatic carbocycles. The zero-order valence-corrected chi connectivity index (χ0v) is 11.0. The smallest absolute Gasteiger partial charge is 0.254 e. The first kappa shape index (κ1) is 13.1. The third-order valence-electron chi connectivity index (χ3n) is 2.78. The molecule has 0 saturated carbocycles. The summed E-state index contributed by atoms with van der Waals surface area (Å²) >= 11 is 0. The van der Waals surface area contributed by atoms with E-state index in [0.29, 0.717) is 12.1 Å². The molecule has 1 amide bonds. The number of pyridine rings is 1. The Balaban J connectivity index is 2.12. The summed E-state index contributed by atoms with van der Waals surface area (Å²) in [7, 11) is 1.72. The SMILES string of the molecule is Cc1cccc(CN(C)C(=O)c2cccc(O)c2)n1. The number of aromatic nitrogens is 1. The van der Waals surface area contributed by atoms with Crippen LogP contribution in [0.15, 0.2) is 42.5 Å². The van der Waals surface area contributed by atoms with Crippen LogP contribution in [0.4, 0.5) is 0 Å². The zero-order valence-electron chi connectivity index (χ0n) is 11.0. The van der Waals surface area contributed by atoms with Crippen LogP contribution in [0, 0.1) is 6.92 Å². The van der Waals surface area contributed by atoms with E-state index in [4.69, 9.17) is 0 Å². The molecule has 19 heavy (non-hydrogen) atoms. The highest BCUT2D eigenvalue weighted by Gasteiger charge is 2.12. The fourth-order valence-electron chi connectivity index (χ4n) is 1.86.